The number of halogens is 4. The van der Waals surface area contributed by atoms with E-state index in [1.165, 1.54) is 35.2 Å². The van der Waals surface area contributed by atoms with Crippen LogP contribution in [-0.2, 0) is 26.2 Å². The summed E-state index contributed by atoms with van der Waals surface area (Å²) in [5.74, 6) is -1.06. The summed E-state index contributed by atoms with van der Waals surface area (Å²) in [5.41, 5.74) is 0.443. The summed E-state index contributed by atoms with van der Waals surface area (Å²) in [6.07, 6.45) is 0.253. The SMILES string of the molecule is CCNC(=O)[C@@H](CC)N(Cc1c(Cl)cccc1Cl)C(=O)CN(c1cc(Cl)ccc1Cl)S(=O)(=O)c1ccccc1. The van der Waals surface area contributed by atoms with E-state index in [-0.39, 0.29) is 33.6 Å². The molecule has 0 saturated carbocycles. The Morgan fingerprint density at radius 3 is 2.10 bits per heavy atom. The van der Waals surface area contributed by atoms with E-state index < -0.39 is 34.4 Å². The van der Waals surface area contributed by atoms with Gasteiger partial charge in [0.15, 0.2) is 0 Å². The van der Waals surface area contributed by atoms with Crippen LogP contribution in [0, 0.1) is 0 Å². The molecule has 0 spiro atoms. The Kier molecular flexibility index (Phi) is 10.9. The molecule has 1 atom stereocenters. The predicted octanol–water partition coefficient (Wildman–Crippen LogP) is 6.44. The molecule has 0 radical (unpaired) electrons. The second-order valence-electron chi connectivity index (χ2n) is 8.46. The summed E-state index contributed by atoms with van der Waals surface area (Å²) in [4.78, 5) is 28.3. The van der Waals surface area contributed by atoms with Crippen LogP contribution >= 0.6 is 46.4 Å². The number of hydrogen-bond acceptors (Lipinski definition) is 4. The van der Waals surface area contributed by atoms with Crippen LogP contribution in [0.15, 0.2) is 71.6 Å². The summed E-state index contributed by atoms with van der Waals surface area (Å²) in [5, 5.41) is 3.64. The lowest BCUT2D eigenvalue weighted by molar-refractivity contribution is -0.140. The average molecular weight is 631 g/mol. The zero-order valence-corrected chi connectivity index (χ0v) is 25.0. The first-order valence-corrected chi connectivity index (χ1v) is 15.0. The predicted molar refractivity (Wildman–Crippen MR) is 157 cm³/mol. The molecule has 208 valence electrons. The highest BCUT2D eigenvalue weighted by atomic mass is 35.5. The number of carbonyl (C=O) groups is 2. The molecule has 0 saturated heterocycles. The molecule has 0 aromatic heterocycles. The van der Waals surface area contributed by atoms with Gasteiger partial charge in [0.25, 0.3) is 10.0 Å². The Morgan fingerprint density at radius 2 is 1.51 bits per heavy atom. The minimum absolute atomic E-state index is 0.0168. The van der Waals surface area contributed by atoms with Crippen LogP contribution in [0.2, 0.25) is 20.1 Å². The minimum atomic E-state index is -4.28. The number of nitrogens with one attached hydrogen (secondary N) is 1. The molecule has 0 aliphatic carbocycles. The molecule has 0 aliphatic rings. The minimum Gasteiger partial charge on any atom is -0.355 e. The van der Waals surface area contributed by atoms with Crippen LogP contribution in [0.5, 0.6) is 0 Å². The topological polar surface area (TPSA) is 86.8 Å². The van der Waals surface area contributed by atoms with Gasteiger partial charge in [0.1, 0.15) is 12.6 Å². The van der Waals surface area contributed by atoms with E-state index in [4.69, 9.17) is 46.4 Å². The number of likely N-dealkylation sites (N-methyl/N-ethyl adjacent to an activating group) is 1. The van der Waals surface area contributed by atoms with Gasteiger partial charge in [-0.25, -0.2) is 8.42 Å². The van der Waals surface area contributed by atoms with Crippen LogP contribution in [0.3, 0.4) is 0 Å². The van der Waals surface area contributed by atoms with Gasteiger partial charge in [-0.15, -0.1) is 0 Å². The third-order valence-corrected chi connectivity index (χ3v) is 8.95. The van der Waals surface area contributed by atoms with Crippen molar-refractivity contribution in [3.63, 3.8) is 0 Å². The molecule has 0 aliphatic heterocycles. The lowest BCUT2D eigenvalue weighted by Crippen LogP contribution is -2.52. The second-order valence-corrected chi connectivity index (χ2v) is 12.0. The number of benzene rings is 3. The Bertz CT molecular complexity index is 1420. The summed E-state index contributed by atoms with van der Waals surface area (Å²) >= 11 is 25.4. The molecule has 0 unspecified atom stereocenters. The zero-order valence-electron chi connectivity index (χ0n) is 21.2. The zero-order chi connectivity index (χ0) is 28.7. The number of nitrogens with zero attached hydrogens (tertiary/aromatic N) is 2. The van der Waals surface area contributed by atoms with Crippen LogP contribution in [0.1, 0.15) is 25.8 Å². The molecule has 2 amide bonds. The Balaban J connectivity index is 2.13. The van der Waals surface area contributed by atoms with E-state index in [1.54, 1.807) is 50.2 Å². The monoisotopic (exact) mass is 629 g/mol. The van der Waals surface area contributed by atoms with Gasteiger partial charge in [-0.1, -0.05) is 77.6 Å². The molecule has 7 nitrogen and oxygen atoms in total. The third-order valence-electron chi connectivity index (χ3n) is 5.91. The largest absolute Gasteiger partial charge is 0.355 e. The quantitative estimate of drug-likeness (QED) is 0.264. The molecule has 3 aromatic rings. The lowest BCUT2D eigenvalue weighted by Gasteiger charge is -2.33. The van der Waals surface area contributed by atoms with E-state index in [9.17, 15) is 18.0 Å². The fourth-order valence-corrected chi connectivity index (χ4v) is 6.37. The number of hydrogen-bond donors (Lipinski definition) is 1. The number of anilines is 1. The van der Waals surface area contributed by atoms with Crippen molar-refractivity contribution < 1.29 is 18.0 Å². The van der Waals surface area contributed by atoms with Gasteiger partial charge in [-0.3, -0.25) is 13.9 Å². The highest BCUT2D eigenvalue weighted by molar-refractivity contribution is 7.92. The Labute approximate surface area is 248 Å². The van der Waals surface area contributed by atoms with Gasteiger partial charge in [-0.2, -0.15) is 0 Å². The highest BCUT2D eigenvalue weighted by Gasteiger charge is 2.35. The molecular weight excluding hydrogens is 604 g/mol. The van der Waals surface area contributed by atoms with E-state index >= 15 is 0 Å². The standard InChI is InChI=1S/C27H27Cl4N3O4S/c1-3-24(27(36)32-4-2)33(16-20-21(29)11-8-12-22(20)30)26(35)17-34(25-15-18(28)13-14-23(25)31)39(37,38)19-9-6-5-7-10-19/h5-15,24H,3-4,16-17H2,1-2H3,(H,32,36)/t24-/m1/s1. The van der Waals surface area contributed by atoms with Crippen molar-refractivity contribution in [2.45, 2.75) is 37.8 Å². The first kappa shape index (κ1) is 31.0. The summed E-state index contributed by atoms with van der Waals surface area (Å²) in [7, 11) is -4.28. The Morgan fingerprint density at radius 1 is 0.872 bits per heavy atom. The number of rotatable bonds is 11. The summed E-state index contributed by atoms with van der Waals surface area (Å²) in [6, 6.07) is 15.9. The van der Waals surface area contributed by atoms with Crippen LogP contribution in [0.25, 0.3) is 0 Å². The Hall–Kier alpha value is -2.49. The second kappa shape index (κ2) is 13.7. The highest BCUT2D eigenvalue weighted by Crippen LogP contribution is 2.34. The number of carbonyl (C=O) groups excluding carboxylic acids is 2. The van der Waals surface area contributed by atoms with Crippen molar-refractivity contribution in [2.75, 3.05) is 17.4 Å². The van der Waals surface area contributed by atoms with Gasteiger partial charge in [-0.05, 0) is 55.8 Å². The molecule has 0 fully saturated rings. The molecule has 39 heavy (non-hydrogen) atoms. The van der Waals surface area contributed by atoms with Gasteiger partial charge in [0.05, 0.1) is 15.6 Å². The maximum atomic E-state index is 14.0. The van der Waals surface area contributed by atoms with Crippen molar-refractivity contribution >= 4 is 73.9 Å². The fourth-order valence-electron chi connectivity index (χ4n) is 3.98. The van der Waals surface area contributed by atoms with Crippen molar-refractivity contribution in [3.05, 3.63) is 92.4 Å². The van der Waals surface area contributed by atoms with E-state index in [0.717, 1.165) is 4.31 Å². The van der Waals surface area contributed by atoms with Gasteiger partial charge in [0, 0.05) is 33.7 Å². The van der Waals surface area contributed by atoms with Crippen LogP contribution < -0.4 is 9.62 Å². The first-order chi connectivity index (χ1) is 18.5. The lowest BCUT2D eigenvalue weighted by atomic mass is 10.1. The van der Waals surface area contributed by atoms with E-state index in [0.29, 0.717) is 22.2 Å². The number of amides is 2. The summed E-state index contributed by atoms with van der Waals surface area (Å²) < 4.78 is 28.6. The first-order valence-electron chi connectivity index (χ1n) is 12.0. The summed E-state index contributed by atoms with van der Waals surface area (Å²) in [6.45, 7) is 3.05. The van der Waals surface area contributed by atoms with Gasteiger partial charge < -0.3 is 10.2 Å². The van der Waals surface area contributed by atoms with Crippen LogP contribution in [-0.4, -0.2) is 44.3 Å². The van der Waals surface area contributed by atoms with Gasteiger partial charge >= 0.3 is 0 Å². The molecule has 3 aromatic carbocycles. The maximum Gasteiger partial charge on any atom is 0.264 e. The number of sulfonamides is 1. The average Bonchev–Trinajstić information content (AvgIpc) is 2.90. The van der Waals surface area contributed by atoms with E-state index in [1.807, 2.05) is 0 Å². The van der Waals surface area contributed by atoms with Crippen molar-refractivity contribution in [1.82, 2.24) is 10.2 Å². The smallest absolute Gasteiger partial charge is 0.264 e. The molecule has 0 bridgehead atoms. The van der Waals surface area contributed by atoms with Crippen LogP contribution in [0.4, 0.5) is 5.69 Å². The maximum absolute atomic E-state index is 14.0. The van der Waals surface area contributed by atoms with Crippen molar-refractivity contribution in [2.24, 2.45) is 0 Å². The van der Waals surface area contributed by atoms with Crippen molar-refractivity contribution in [1.29, 1.82) is 0 Å². The molecule has 1 N–H and O–H groups in total. The van der Waals surface area contributed by atoms with Crippen molar-refractivity contribution in [3.8, 4) is 0 Å². The molecule has 3 rings (SSSR count). The normalized spacial score (nSPS) is 12.1. The molecule has 0 heterocycles. The fraction of sp³-hybridized carbons (Fsp3) is 0.259. The van der Waals surface area contributed by atoms with E-state index in [2.05, 4.69) is 5.32 Å². The molecule has 12 heteroatoms. The third kappa shape index (κ3) is 7.38. The molecular formula is C27H27Cl4N3O4S. The van der Waals surface area contributed by atoms with Gasteiger partial charge in [0.2, 0.25) is 11.8 Å².